The molecule has 0 fully saturated rings. The molecule has 0 aliphatic carbocycles. The van der Waals surface area contributed by atoms with Gasteiger partial charge in [0.05, 0.1) is 19.1 Å². The number of thiazole rings is 1. The van der Waals surface area contributed by atoms with Gasteiger partial charge in [-0.1, -0.05) is 22.9 Å². The number of hydrogen-bond acceptors (Lipinski definition) is 6. The fourth-order valence-electron chi connectivity index (χ4n) is 1.20. The highest BCUT2D eigenvalue weighted by molar-refractivity contribution is 7.18. The summed E-state index contributed by atoms with van der Waals surface area (Å²) < 4.78 is 4.59. The Morgan fingerprint density at radius 2 is 2.41 bits per heavy atom. The van der Waals surface area contributed by atoms with Gasteiger partial charge in [-0.3, -0.25) is 0 Å². The zero-order valence-corrected chi connectivity index (χ0v) is 11.3. The van der Waals surface area contributed by atoms with Crippen molar-refractivity contribution in [3.8, 4) is 6.07 Å². The van der Waals surface area contributed by atoms with Crippen LogP contribution in [0.15, 0.2) is 0 Å². The number of anilines is 1. The van der Waals surface area contributed by atoms with Crippen molar-refractivity contribution < 1.29 is 9.53 Å². The van der Waals surface area contributed by atoms with Crippen LogP contribution < -0.4 is 4.90 Å². The Morgan fingerprint density at radius 1 is 1.76 bits per heavy atom. The van der Waals surface area contributed by atoms with E-state index in [0.29, 0.717) is 11.7 Å². The molecule has 1 atom stereocenters. The van der Waals surface area contributed by atoms with Crippen molar-refractivity contribution in [1.82, 2.24) is 4.98 Å². The van der Waals surface area contributed by atoms with Crippen LogP contribution in [0.3, 0.4) is 0 Å². The van der Waals surface area contributed by atoms with Crippen molar-refractivity contribution in [2.75, 3.05) is 25.6 Å². The van der Waals surface area contributed by atoms with Gasteiger partial charge in [0.15, 0.2) is 15.2 Å². The lowest BCUT2D eigenvalue weighted by Gasteiger charge is -2.16. The van der Waals surface area contributed by atoms with E-state index in [0.717, 1.165) is 11.3 Å². The number of ether oxygens (including phenoxy) is 1. The second kappa shape index (κ2) is 5.84. The molecule has 7 heteroatoms. The van der Waals surface area contributed by atoms with Crippen molar-refractivity contribution >= 4 is 34.0 Å². The first-order valence-electron chi connectivity index (χ1n) is 4.85. The van der Waals surface area contributed by atoms with Crippen LogP contribution in [0, 0.1) is 17.2 Å². The molecule has 5 nitrogen and oxygen atoms in total. The zero-order valence-electron chi connectivity index (χ0n) is 9.73. The molecular weight excluding hydrogens is 262 g/mol. The van der Waals surface area contributed by atoms with Crippen LogP contribution in [0.5, 0.6) is 0 Å². The molecule has 0 spiro atoms. The molecule has 1 unspecified atom stereocenters. The van der Waals surface area contributed by atoms with E-state index in [9.17, 15) is 4.79 Å². The van der Waals surface area contributed by atoms with Crippen LogP contribution in [0.2, 0.25) is 5.15 Å². The quantitative estimate of drug-likeness (QED) is 0.787. The van der Waals surface area contributed by atoms with Crippen molar-refractivity contribution in [3.05, 3.63) is 10.0 Å². The molecule has 1 aromatic rings. The van der Waals surface area contributed by atoms with Gasteiger partial charge in [-0.2, -0.15) is 5.26 Å². The average Bonchev–Trinajstić information content (AvgIpc) is 2.70. The number of rotatable bonds is 4. The lowest BCUT2D eigenvalue weighted by molar-refractivity contribution is 0.0606. The molecule has 0 saturated carbocycles. The number of carbonyl (C=O) groups excluding carboxylic acids is 1. The summed E-state index contributed by atoms with van der Waals surface area (Å²) in [5.74, 6) is -0.621. The van der Waals surface area contributed by atoms with Crippen LogP contribution in [0.25, 0.3) is 0 Å². The summed E-state index contributed by atoms with van der Waals surface area (Å²) in [6, 6.07) is 2.13. The summed E-state index contributed by atoms with van der Waals surface area (Å²) in [6.07, 6.45) is 0. The number of hydrogen-bond donors (Lipinski definition) is 0. The van der Waals surface area contributed by atoms with Crippen LogP contribution in [0.1, 0.15) is 16.6 Å². The molecule has 0 aromatic carbocycles. The molecule has 1 heterocycles. The molecule has 0 N–H and O–H groups in total. The topological polar surface area (TPSA) is 66.2 Å². The van der Waals surface area contributed by atoms with Crippen molar-refractivity contribution in [2.24, 2.45) is 5.92 Å². The molecule has 0 saturated heterocycles. The first-order chi connectivity index (χ1) is 7.99. The summed E-state index contributed by atoms with van der Waals surface area (Å²) in [4.78, 5) is 17.5. The minimum Gasteiger partial charge on any atom is -0.465 e. The van der Waals surface area contributed by atoms with Gasteiger partial charge in [0, 0.05) is 13.6 Å². The van der Waals surface area contributed by atoms with E-state index in [1.807, 2.05) is 6.92 Å². The summed E-state index contributed by atoms with van der Waals surface area (Å²) in [5.41, 5.74) is 0. The Hall–Kier alpha value is -1.32. The lowest BCUT2D eigenvalue weighted by Crippen LogP contribution is -2.22. The zero-order chi connectivity index (χ0) is 13.0. The third kappa shape index (κ3) is 3.32. The fraction of sp³-hybridized carbons (Fsp3) is 0.500. The van der Waals surface area contributed by atoms with Gasteiger partial charge < -0.3 is 9.64 Å². The van der Waals surface area contributed by atoms with Gasteiger partial charge in [0.2, 0.25) is 0 Å². The van der Waals surface area contributed by atoms with Gasteiger partial charge in [-0.15, -0.1) is 0 Å². The predicted octanol–water partition coefficient (Wildman–Crippen LogP) is 2.18. The van der Waals surface area contributed by atoms with Gasteiger partial charge >= 0.3 is 5.97 Å². The summed E-state index contributed by atoms with van der Waals surface area (Å²) in [6.45, 7) is 2.34. The first-order valence-corrected chi connectivity index (χ1v) is 6.04. The van der Waals surface area contributed by atoms with Crippen molar-refractivity contribution in [2.45, 2.75) is 6.92 Å². The highest BCUT2D eigenvalue weighted by Crippen LogP contribution is 2.29. The van der Waals surface area contributed by atoms with Gasteiger partial charge in [0.25, 0.3) is 0 Å². The number of nitrogens with zero attached hydrogens (tertiary/aromatic N) is 3. The third-order valence-corrected chi connectivity index (χ3v) is 3.58. The standard InChI is InChI=1S/C10H12ClN3O2S/c1-6(4-12)5-14(2)10-13-8(11)7(17-10)9(15)16-3/h6H,5H2,1-3H3. The molecule has 0 bridgehead atoms. The molecule has 1 aromatic heterocycles. The number of carbonyl (C=O) groups is 1. The second-order valence-corrected chi connectivity index (χ2v) is 4.85. The molecule has 0 radical (unpaired) electrons. The molecular formula is C10H12ClN3O2S. The number of nitriles is 1. The maximum atomic E-state index is 11.3. The van der Waals surface area contributed by atoms with E-state index in [1.165, 1.54) is 7.11 Å². The highest BCUT2D eigenvalue weighted by atomic mass is 35.5. The smallest absolute Gasteiger partial charge is 0.351 e. The van der Waals surface area contributed by atoms with E-state index in [1.54, 1.807) is 11.9 Å². The van der Waals surface area contributed by atoms with Crippen LogP contribution >= 0.6 is 22.9 Å². The minimum atomic E-state index is -0.500. The van der Waals surface area contributed by atoms with E-state index in [2.05, 4.69) is 15.8 Å². The van der Waals surface area contributed by atoms with Crippen molar-refractivity contribution in [3.63, 3.8) is 0 Å². The largest absolute Gasteiger partial charge is 0.465 e. The van der Waals surface area contributed by atoms with Gasteiger partial charge in [0.1, 0.15) is 0 Å². The summed E-state index contributed by atoms with van der Waals surface area (Å²) in [5, 5.41) is 9.45. The predicted molar refractivity (Wildman–Crippen MR) is 66.5 cm³/mol. The van der Waals surface area contributed by atoms with E-state index < -0.39 is 5.97 Å². The number of esters is 1. The second-order valence-electron chi connectivity index (χ2n) is 3.52. The van der Waals surface area contributed by atoms with Crippen molar-refractivity contribution in [1.29, 1.82) is 5.26 Å². The highest BCUT2D eigenvalue weighted by Gasteiger charge is 2.19. The maximum Gasteiger partial charge on any atom is 0.351 e. The SMILES string of the molecule is COC(=O)c1sc(N(C)CC(C)C#N)nc1Cl. The fourth-order valence-corrected chi connectivity index (χ4v) is 2.37. The van der Waals surface area contributed by atoms with Crippen LogP contribution in [0.4, 0.5) is 5.13 Å². The lowest BCUT2D eigenvalue weighted by atomic mass is 10.2. The maximum absolute atomic E-state index is 11.3. The summed E-state index contributed by atoms with van der Waals surface area (Å²) in [7, 11) is 3.09. The monoisotopic (exact) mass is 273 g/mol. The Labute approximate surface area is 109 Å². The Bertz CT molecular complexity index is 455. The molecule has 17 heavy (non-hydrogen) atoms. The van der Waals surface area contributed by atoms with E-state index in [4.69, 9.17) is 16.9 Å². The molecule has 0 aliphatic heterocycles. The molecule has 0 amide bonds. The van der Waals surface area contributed by atoms with E-state index in [-0.39, 0.29) is 15.9 Å². The Morgan fingerprint density at radius 3 is 2.94 bits per heavy atom. The van der Waals surface area contributed by atoms with Crippen LogP contribution in [-0.4, -0.2) is 31.7 Å². The number of aromatic nitrogens is 1. The molecule has 92 valence electrons. The number of methoxy groups -OCH3 is 1. The minimum absolute atomic E-state index is 0.121. The molecule has 1 rings (SSSR count). The van der Waals surface area contributed by atoms with Gasteiger partial charge in [-0.05, 0) is 6.92 Å². The van der Waals surface area contributed by atoms with E-state index >= 15 is 0 Å². The Kier molecular flexibility index (Phi) is 4.73. The Balaban J connectivity index is 2.86. The van der Waals surface area contributed by atoms with Gasteiger partial charge in [-0.25, -0.2) is 9.78 Å². The third-order valence-electron chi connectivity index (χ3n) is 2.04. The average molecular weight is 274 g/mol. The normalized spacial score (nSPS) is 11.7. The van der Waals surface area contributed by atoms with Crippen LogP contribution in [-0.2, 0) is 4.74 Å². The number of halogens is 1. The molecule has 0 aliphatic rings. The first kappa shape index (κ1) is 13.7. The summed E-state index contributed by atoms with van der Waals surface area (Å²) >= 11 is 6.99.